The second kappa shape index (κ2) is 6.67. The van der Waals surface area contributed by atoms with Gasteiger partial charge in [0.05, 0.1) is 0 Å². The summed E-state index contributed by atoms with van der Waals surface area (Å²) in [5.41, 5.74) is 7.56. The van der Waals surface area contributed by atoms with Crippen molar-refractivity contribution in [3.05, 3.63) is 34.9 Å². The molecule has 1 unspecified atom stereocenters. The van der Waals surface area contributed by atoms with E-state index in [-0.39, 0.29) is 0 Å². The molecule has 2 N–H and O–H groups in total. The summed E-state index contributed by atoms with van der Waals surface area (Å²) in [6, 6.07) is 8.48. The van der Waals surface area contributed by atoms with Gasteiger partial charge in [0.15, 0.2) is 0 Å². The zero-order valence-corrected chi connectivity index (χ0v) is 11.6. The van der Waals surface area contributed by atoms with Gasteiger partial charge in [-0.3, -0.25) is 0 Å². The van der Waals surface area contributed by atoms with E-state index in [0.29, 0.717) is 6.04 Å². The number of nitrogens with two attached hydrogens (primary N) is 1. The fourth-order valence-corrected chi connectivity index (χ4v) is 3.63. The van der Waals surface area contributed by atoms with Crippen LogP contribution in [0.2, 0.25) is 5.02 Å². The molecule has 0 amide bonds. The van der Waals surface area contributed by atoms with Crippen LogP contribution in [0.1, 0.15) is 31.2 Å². The van der Waals surface area contributed by atoms with Gasteiger partial charge in [-0.2, -0.15) is 11.8 Å². The molecule has 0 radical (unpaired) electrons. The van der Waals surface area contributed by atoms with Crippen LogP contribution in [0.25, 0.3) is 0 Å². The van der Waals surface area contributed by atoms with Crippen molar-refractivity contribution in [1.82, 2.24) is 0 Å². The molecular formula is C14H20ClNS. The van der Waals surface area contributed by atoms with Gasteiger partial charge >= 0.3 is 0 Å². The lowest BCUT2D eigenvalue weighted by Gasteiger charge is -2.18. The molecule has 1 fully saturated rings. The molecule has 1 atom stereocenters. The lowest BCUT2D eigenvalue weighted by atomic mass is 10.0. The lowest BCUT2D eigenvalue weighted by Crippen LogP contribution is -2.30. The van der Waals surface area contributed by atoms with Crippen LogP contribution in [0.5, 0.6) is 0 Å². The summed E-state index contributed by atoms with van der Waals surface area (Å²) in [6.07, 6.45) is 5.42. The highest BCUT2D eigenvalue weighted by molar-refractivity contribution is 7.98. The minimum absolute atomic E-state index is 0.384. The average molecular weight is 270 g/mol. The molecule has 1 aliphatic carbocycles. The van der Waals surface area contributed by atoms with Gasteiger partial charge in [0.25, 0.3) is 0 Å². The van der Waals surface area contributed by atoms with Crippen molar-refractivity contribution in [2.45, 2.75) is 37.5 Å². The van der Waals surface area contributed by atoms with Crippen molar-refractivity contribution in [3.63, 3.8) is 0 Å². The van der Waals surface area contributed by atoms with Crippen molar-refractivity contribution in [3.8, 4) is 0 Å². The molecule has 2 rings (SSSR count). The number of rotatable bonds is 5. The Morgan fingerprint density at radius 1 is 1.24 bits per heavy atom. The van der Waals surface area contributed by atoms with Crippen LogP contribution in [0.15, 0.2) is 24.3 Å². The van der Waals surface area contributed by atoms with Gasteiger partial charge in [-0.1, -0.05) is 36.6 Å². The van der Waals surface area contributed by atoms with E-state index in [2.05, 4.69) is 12.1 Å². The molecular weight excluding hydrogens is 250 g/mol. The molecule has 94 valence electrons. The third-order valence-electron chi connectivity index (χ3n) is 3.50. The van der Waals surface area contributed by atoms with Crippen molar-refractivity contribution >= 4 is 23.4 Å². The first-order chi connectivity index (χ1) is 8.25. The maximum atomic E-state index is 6.23. The van der Waals surface area contributed by atoms with Gasteiger partial charge in [-0.05, 0) is 36.5 Å². The Morgan fingerprint density at radius 2 is 1.88 bits per heavy atom. The molecule has 0 saturated heterocycles. The Kier molecular flexibility index (Phi) is 5.20. The summed E-state index contributed by atoms with van der Waals surface area (Å²) in [5, 5.41) is 0.807. The summed E-state index contributed by atoms with van der Waals surface area (Å²) in [6.45, 7) is 0. The summed E-state index contributed by atoms with van der Waals surface area (Å²) < 4.78 is 0. The average Bonchev–Trinajstić information content (AvgIpc) is 2.85. The second-order valence-electron chi connectivity index (χ2n) is 4.85. The van der Waals surface area contributed by atoms with Crippen LogP contribution >= 0.6 is 23.4 Å². The predicted octanol–water partition coefficient (Wildman–Crippen LogP) is 4.09. The van der Waals surface area contributed by atoms with Crippen LogP contribution in [-0.2, 0) is 5.75 Å². The Bertz CT molecular complexity index is 333. The standard InChI is InChI=1S/C14H20ClNS/c15-13-7-5-11(6-8-13)9-17-10-14(16)12-3-1-2-4-12/h5-8,12,14H,1-4,9-10,16H2. The van der Waals surface area contributed by atoms with Gasteiger partial charge in [0.1, 0.15) is 0 Å². The van der Waals surface area contributed by atoms with E-state index >= 15 is 0 Å². The van der Waals surface area contributed by atoms with Gasteiger partial charge in [0, 0.05) is 22.6 Å². The molecule has 1 aliphatic rings. The smallest absolute Gasteiger partial charge is 0.0406 e. The van der Waals surface area contributed by atoms with E-state index < -0.39 is 0 Å². The third-order valence-corrected chi connectivity index (χ3v) is 4.91. The van der Waals surface area contributed by atoms with Crippen LogP contribution in [0, 0.1) is 5.92 Å². The predicted molar refractivity (Wildman–Crippen MR) is 77.5 cm³/mol. The molecule has 1 aromatic rings. The van der Waals surface area contributed by atoms with Gasteiger partial charge in [-0.25, -0.2) is 0 Å². The SMILES string of the molecule is NC(CSCc1ccc(Cl)cc1)C1CCCC1. The zero-order chi connectivity index (χ0) is 12.1. The summed E-state index contributed by atoms with van der Waals surface area (Å²) in [4.78, 5) is 0. The maximum Gasteiger partial charge on any atom is 0.0406 e. The highest BCUT2D eigenvalue weighted by atomic mass is 35.5. The molecule has 1 saturated carbocycles. The van der Waals surface area contributed by atoms with Crippen molar-refractivity contribution in [1.29, 1.82) is 0 Å². The number of halogens is 1. The first kappa shape index (κ1) is 13.3. The van der Waals surface area contributed by atoms with Crippen LogP contribution in [0.3, 0.4) is 0 Å². The summed E-state index contributed by atoms with van der Waals surface area (Å²) in [5.74, 6) is 2.89. The fraction of sp³-hybridized carbons (Fsp3) is 0.571. The van der Waals surface area contributed by atoms with Crippen molar-refractivity contribution in [2.75, 3.05) is 5.75 Å². The van der Waals surface area contributed by atoms with Crippen molar-refractivity contribution in [2.24, 2.45) is 11.7 Å². The minimum Gasteiger partial charge on any atom is -0.327 e. The van der Waals surface area contributed by atoms with Gasteiger partial charge in [0.2, 0.25) is 0 Å². The summed E-state index contributed by atoms with van der Waals surface area (Å²) >= 11 is 7.79. The maximum absolute atomic E-state index is 6.23. The first-order valence-corrected chi connectivity index (χ1v) is 7.87. The van der Waals surface area contributed by atoms with Crippen LogP contribution in [0.4, 0.5) is 0 Å². The molecule has 0 bridgehead atoms. The van der Waals surface area contributed by atoms with Crippen molar-refractivity contribution < 1.29 is 0 Å². The fourth-order valence-electron chi connectivity index (χ4n) is 2.42. The second-order valence-corrected chi connectivity index (χ2v) is 6.32. The topological polar surface area (TPSA) is 26.0 Å². The van der Waals surface area contributed by atoms with E-state index in [0.717, 1.165) is 22.4 Å². The number of thioether (sulfide) groups is 1. The van der Waals surface area contributed by atoms with Gasteiger partial charge < -0.3 is 5.73 Å². The summed E-state index contributed by atoms with van der Waals surface area (Å²) in [7, 11) is 0. The molecule has 0 heterocycles. The Balaban J connectivity index is 1.70. The zero-order valence-electron chi connectivity index (χ0n) is 10.1. The van der Waals surface area contributed by atoms with E-state index in [1.807, 2.05) is 23.9 Å². The number of hydrogen-bond donors (Lipinski definition) is 1. The quantitative estimate of drug-likeness (QED) is 0.871. The molecule has 1 aromatic carbocycles. The molecule has 0 spiro atoms. The van der Waals surface area contributed by atoms with E-state index in [1.54, 1.807) is 0 Å². The molecule has 17 heavy (non-hydrogen) atoms. The van der Waals surface area contributed by atoms with Crippen LogP contribution < -0.4 is 5.73 Å². The Hall–Kier alpha value is -0.180. The monoisotopic (exact) mass is 269 g/mol. The molecule has 3 heteroatoms. The van der Waals surface area contributed by atoms with E-state index in [4.69, 9.17) is 17.3 Å². The first-order valence-electron chi connectivity index (χ1n) is 6.33. The largest absolute Gasteiger partial charge is 0.327 e. The molecule has 0 aliphatic heterocycles. The number of hydrogen-bond acceptors (Lipinski definition) is 2. The van der Waals surface area contributed by atoms with Gasteiger partial charge in [-0.15, -0.1) is 0 Å². The van der Waals surface area contributed by atoms with Crippen LogP contribution in [-0.4, -0.2) is 11.8 Å². The highest BCUT2D eigenvalue weighted by Gasteiger charge is 2.21. The minimum atomic E-state index is 0.384. The van der Waals surface area contributed by atoms with E-state index in [1.165, 1.54) is 31.2 Å². The Labute approximate surface area is 113 Å². The highest BCUT2D eigenvalue weighted by Crippen LogP contribution is 2.28. The molecule has 0 aromatic heterocycles. The molecule has 1 nitrogen and oxygen atoms in total. The normalized spacial score (nSPS) is 18.5. The number of benzene rings is 1. The van der Waals surface area contributed by atoms with E-state index in [9.17, 15) is 0 Å². The Morgan fingerprint density at radius 3 is 2.53 bits per heavy atom. The lowest BCUT2D eigenvalue weighted by molar-refractivity contribution is 0.463. The third kappa shape index (κ3) is 4.20.